The normalized spacial score (nSPS) is 21.9. The fourth-order valence-corrected chi connectivity index (χ4v) is 5.23. The lowest BCUT2D eigenvalue weighted by Gasteiger charge is -2.30. The van der Waals surface area contributed by atoms with Crippen LogP contribution in [0.3, 0.4) is 0 Å². The van der Waals surface area contributed by atoms with E-state index in [-0.39, 0.29) is 29.6 Å². The lowest BCUT2D eigenvalue weighted by atomic mass is 10.2. The Labute approximate surface area is 180 Å². The first kappa shape index (κ1) is 22.0. The number of hydrogen-bond acceptors (Lipinski definition) is 6. The molecule has 0 spiro atoms. The molecule has 2 aliphatic rings. The molecule has 1 aromatic rings. The van der Waals surface area contributed by atoms with Crippen molar-refractivity contribution in [3.63, 3.8) is 0 Å². The van der Waals surface area contributed by atoms with Crippen molar-refractivity contribution in [2.24, 2.45) is 11.8 Å². The lowest BCUT2D eigenvalue weighted by Crippen LogP contribution is -2.52. The second kappa shape index (κ2) is 10.9. The molecular weight excluding hydrogens is 408 g/mol. The molecule has 0 unspecified atom stereocenters. The maximum atomic E-state index is 13.0. The summed E-state index contributed by atoms with van der Waals surface area (Å²) in [5.41, 5.74) is 1.19. The van der Waals surface area contributed by atoms with Crippen LogP contribution in [-0.4, -0.2) is 65.7 Å². The molecule has 8 heteroatoms. The molecule has 2 amide bonds. The van der Waals surface area contributed by atoms with E-state index < -0.39 is 6.04 Å². The van der Waals surface area contributed by atoms with E-state index in [9.17, 15) is 14.4 Å². The van der Waals surface area contributed by atoms with E-state index >= 15 is 0 Å². The minimum absolute atomic E-state index is 0.0208. The quantitative estimate of drug-likeness (QED) is 0.598. The van der Waals surface area contributed by atoms with Crippen molar-refractivity contribution in [3.05, 3.63) is 35.9 Å². The summed E-state index contributed by atoms with van der Waals surface area (Å²) in [5.74, 6) is 1.86. The standard InChI is InChI=1S/C21H28N2O4S2/c1-2-27-21(26)17-12-16(17)19(24)22-18(20(25)23-8-10-28-11-9-23)14-29-13-15-6-4-3-5-7-15/h3-7,16-18H,2,8-14H2,1H3,(H,22,24)/t16-,17-,18-/m0/s1. The van der Waals surface area contributed by atoms with Crippen molar-refractivity contribution >= 4 is 41.3 Å². The van der Waals surface area contributed by atoms with Gasteiger partial charge in [0.15, 0.2) is 0 Å². The second-order valence-corrected chi connectivity index (χ2v) is 9.46. The molecule has 3 atom stereocenters. The second-order valence-electron chi connectivity index (χ2n) is 7.20. The van der Waals surface area contributed by atoms with Gasteiger partial charge < -0.3 is 15.0 Å². The van der Waals surface area contributed by atoms with Gasteiger partial charge in [0.05, 0.1) is 18.4 Å². The van der Waals surface area contributed by atoms with Gasteiger partial charge in [-0.3, -0.25) is 14.4 Å². The number of nitrogens with one attached hydrogen (secondary N) is 1. The van der Waals surface area contributed by atoms with Crippen LogP contribution in [0.5, 0.6) is 0 Å². The van der Waals surface area contributed by atoms with Gasteiger partial charge in [-0.1, -0.05) is 30.3 Å². The van der Waals surface area contributed by atoms with E-state index in [0.717, 1.165) is 17.3 Å². The number of ether oxygens (including phenoxy) is 1. The predicted molar refractivity (Wildman–Crippen MR) is 117 cm³/mol. The Morgan fingerprint density at radius 1 is 1.21 bits per heavy atom. The third kappa shape index (κ3) is 6.40. The number of esters is 1. The molecule has 0 aromatic heterocycles. The van der Waals surface area contributed by atoms with Crippen LogP contribution in [0.25, 0.3) is 0 Å². The summed E-state index contributed by atoms with van der Waals surface area (Å²) >= 11 is 3.48. The van der Waals surface area contributed by atoms with Gasteiger partial charge in [-0.05, 0) is 18.9 Å². The molecule has 2 fully saturated rings. The highest BCUT2D eigenvalue weighted by Crippen LogP contribution is 2.39. The molecule has 1 saturated heterocycles. The Hall–Kier alpha value is -1.67. The van der Waals surface area contributed by atoms with Gasteiger partial charge in [0.25, 0.3) is 0 Å². The van der Waals surface area contributed by atoms with Crippen LogP contribution >= 0.6 is 23.5 Å². The van der Waals surface area contributed by atoms with Crippen LogP contribution in [0.2, 0.25) is 0 Å². The van der Waals surface area contributed by atoms with Crippen LogP contribution in [0, 0.1) is 11.8 Å². The SMILES string of the molecule is CCOC(=O)[C@H]1C[C@@H]1C(=O)N[C@@H](CSCc1ccccc1)C(=O)N1CCSCC1. The maximum absolute atomic E-state index is 13.0. The Bertz CT molecular complexity index is 710. The fourth-order valence-electron chi connectivity index (χ4n) is 3.32. The molecule has 1 aromatic carbocycles. The summed E-state index contributed by atoms with van der Waals surface area (Å²) in [6.07, 6.45) is 0.503. The van der Waals surface area contributed by atoms with Gasteiger partial charge in [-0.2, -0.15) is 23.5 Å². The highest BCUT2D eigenvalue weighted by Gasteiger charge is 2.49. The van der Waals surface area contributed by atoms with Gasteiger partial charge in [0.1, 0.15) is 6.04 Å². The molecule has 1 saturated carbocycles. The van der Waals surface area contributed by atoms with Crippen molar-refractivity contribution in [3.8, 4) is 0 Å². The smallest absolute Gasteiger partial charge is 0.309 e. The number of nitrogens with zero attached hydrogens (tertiary/aromatic N) is 1. The fraction of sp³-hybridized carbons (Fsp3) is 0.571. The summed E-state index contributed by atoms with van der Waals surface area (Å²) in [6.45, 7) is 3.50. The summed E-state index contributed by atoms with van der Waals surface area (Å²) in [4.78, 5) is 39.4. The molecule has 158 valence electrons. The van der Waals surface area contributed by atoms with Crippen LogP contribution in [-0.2, 0) is 24.9 Å². The van der Waals surface area contributed by atoms with E-state index in [1.165, 1.54) is 5.56 Å². The Balaban J connectivity index is 1.57. The van der Waals surface area contributed by atoms with Crippen LogP contribution in [0.4, 0.5) is 0 Å². The third-order valence-electron chi connectivity index (χ3n) is 5.05. The van der Waals surface area contributed by atoms with Gasteiger partial charge in [-0.25, -0.2) is 0 Å². The predicted octanol–water partition coefficient (Wildman–Crippen LogP) is 2.18. The Kier molecular flexibility index (Phi) is 8.29. The monoisotopic (exact) mass is 436 g/mol. The van der Waals surface area contributed by atoms with Crippen LogP contribution < -0.4 is 5.32 Å². The molecular formula is C21H28N2O4S2. The molecule has 0 radical (unpaired) electrons. The maximum Gasteiger partial charge on any atom is 0.309 e. The van der Waals surface area contributed by atoms with Crippen molar-refractivity contribution in [2.45, 2.75) is 25.1 Å². The first-order valence-corrected chi connectivity index (χ1v) is 12.4. The third-order valence-corrected chi connectivity index (χ3v) is 7.10. The number of amides is 2. The van der Waals surface area contributed by atoms with Crippen molar-refractivity contribution in [1.29, 1.82) is 0 Å². The Morgan fingerprint density at radius 3 is 2.62 bits per heavy atom. The van der Waals surface area contributed by atoms with E-state index in [4.69, 9.17) is 4.74 Å². The largest absolute Gasteiger partial charge is 0.466 e. The molecule has 6 nitrogen and oxygen atoms in total. The summed E-state index contributed by atoms with van der Waals surface area (Å²) in [5, 5.41) is 2.92. The first-order chi connectivity index (χ1) is 14.1. The molecule has 1 aliphatic heterocycles. The number of rotatable bonds is 9. The van der Waals surface area contributed by atoms with Crippen LogP contribution in [0.1, 0.15) is 18.9 Å². The summed E-state index contributed by atoms with van der Waals surface area (Å²) in [7, 11) is 0. The zero-order chi connectivity index (χ0) is 20.6. The highest BCUT2D eigenvalue weighted by molar-refractivity contribution is 7.99. The molecule has 1 N–H and O–H groups in total. The average Bonchev–Trinajstić information content (AvgIpc) is 3.55. The molecule has 1 heterocycles. The van der Waals surface area contributed by atoms with Gasteiger partial charge in [0, 0.05) is 36.1 Å². The molecule has 0 bridgehead atoms. The lowest BCUT2D eigenvalue weighted by molar-refractivity contribution is -0.146. The topological polar surface area (TPSA) is 75.7 Å². The average molecular weight is 437 g/mol. The summed E-state index contributed by atoms with van der Waals surface area (Å²) < 4.78 is 5.01. The number of hydrogen-bond donors (Lipinski definition) is 1. The van der Waals surface area contributed by atoms with Crippen LogP contribution in [0.15, 0.2) is 30.3 Å². The number of thioether (sulfide) groups is 2. The Morgan fingerprint density at radius 2 is 1.93 bits per heavy atom. The van der Waals surface area contributed by atoms with E-state index in [1.807, 2.05) is 34.9 Å². The zero-order valence-corrected chi connectivity index (χ0v) is 18.3. The van der Waals surface area contributed by atoms with Gasteiger partial charge >= 0.3 is 5.97 Å². The highest BCUT2D eigenvalue weighted by atomic mass is 32.2. The van der Waals surface area contributed by atoms with E-state index in [1.54, 1.807) is 18.7 Å². The zero-order valence-electron chi connectivity index (χ0n) is 16.7. The first-order valence-electron chi connectivity index (χ1n) is 10.1. The van der Waals surface area contributed by atoms with Gasteiger partial charge in [0.2, 0.25) is 11.8 Å². The summed E-state index contributed by atoms with van der Waals surface area (Å²) in [6, 6.07) is 9.51. The molecule has 29 heavy (non-hydrogen) atoms. The van der Waals surface area contributed by atoms with Crippen molar-refractivity contribution < 1.29 is 19.1 Å². The van der Waals surface area contributed by atoms with Crippen molar-refractivity contribution in [2.75, 3.05) is 37.0 Å². The minimum atomic E-state index is -0.567. The van der Waals surface area contributed by atoms with E-state index in [0.29, 0.717) is 31.9 Å². The number of benzene rings is 1. The molecule has 1 aliphatic carbocycles. The minimum Gasteiger partial charge on any atom is -0.466 e. The van der Waals surface area contributed by atoms with Crippen molar-refractivity contribution in [1.82, 2.24) is 10.2 Å². The number of carbonyl (C=O) groups excluding carboxylic acids is 3. The molecule has 3 rings (SSSR count). The van der Waals surface area contributed by atoms with E-state index in [2.05, 4.69) is 17.4 Å². The number of carbonyl (C=O) groups is 3. The van der Waals surface area contributed by atoms with Gasteiger partial charge in [-0.15, -0.1) is 0 Å².